The predicted molar refractivity (Wildman–Crippen MR) is 124 cm³/mol. The maximum absolute atomic E-state index is 12.0. The fourth-order valence-corrected chi connectivity index (χ4v) is 4.12. The highest BCUT2D eigenvalue weighted by atomic mass is 35.5. The molecule has 4 N–H and O–H groups in total. The summed E-state index contributed by atoms with van der Waals surface area (Å²) in [7, 11) is 0. The summed E-state index contributed by atoms with van der Waals surface area (Å²) in [5, 5.41) is 13.8. The zero-order valence-electron chi connectivity index (χ0n) is 17.1. The number of primary amides is 1. The van der Waals surface area contributed by atoms with Gasteiger partial charge in [0, 0.05) is 22.3 Å². The van der Waals surface area contributed by atoms with Crippen molar-refractivity contribution in [3.8, 4) is 22.6 Å². The lowest BCUT2D eigenvalue weighted by Gasteiger charge is -2.28. The van der Waals surface area contributed by atoms with E-state index in [9.17, 15) is 9.90 Å². The van der Waals surface area contributed by atoms with Crippen LogP contribution in [-0.4, -0.2) is 23.2 Å². The molecule has 0 unspecified atom stereocenters. The van der Waals surface area contributed by atoms with Gasteiger partial charge in [-0.15, -0.1) is 0 Å². The molecule has 1 saturated carbocycles. The van der Waals surface area contributed by atoms with Gasteiger partial charge in [-0.1, -0.05) is 41.9 Å². The molecule has 160 valence electrons. The van der Waals surface area contributed by atoms with Crippen LogP contribution in [-0.2, 0) is 0 Å². The molecule has 3 aromatic rings. The molecule has 0 atom stereocenters. The summed E-state index contributed by atoms with van der Waals surface area (Å²) in [6, 6.07) is 20.7. The number of rotatable bonds is 6. The molecule has 1 aliphatic carbocycles. The van der Waals surface area contributed by atoms with Crippen LogP contribution < -0.4 is 15.8 Å². The number of hydrogen-bond donors (Lipinski definition) is 3. The molecule has 3 aromatic carbocycles. The summed E-state index contributed by atoms with van der Waals surface area (Å²) in [5.41, 5.74) is 8.56. The molecule has 0 heterocycles. The Kier molecular flexibility index (Phi) is 6.44. The second-order valence-electron chi connectivity index (χ2n) is 7.83. The van der Waals surface area contributed by atoms with Crippen LogP contribution in [0.1, 0.15) is 36.0 Å². The van der Waals surface area contributed by atoms with E-state index in [-0.39, 0.29) is 12.1 Å². The van der Waals surface area contributed by atoms with E-state index in [1.807, 2.05) is 48.5 Å². The summed E-state index contributed by atoms with van der Waals surface area (Å²) in [6.45, 7) is 0. The van der Waals surface area contributed by atoms with E-state index >= 15 is 0 Å². The Morgan fingerprint density at radius 1 is 1.00 bits per heavy atom. The van der Waals surface area contributed by atoms with Gasteiger partial charge in [-0.05, 0) is 67.6 Å². The zero-order valence-corrected chi connectivity index (χ0v) is 17.8. The van der Waals surface area contributed by atoms with Crippen molar-refractivity contribution < 1.29 is 14.6 Å². The number of benzene rings is 3. The van der Waals surface area contributed by atoms with E-state index in [0.29, 0.717) is 27.8 Å². The van der Waals surface area contributed by atoms with Crippen molar-refractivity contribution in [1.29, 1.82) is 0 Å². The van der Waals surface area contributed by atoms with Crippen LogP contribution in [0.4, 0.5) is 5.69 Å². The Morgan fingerprint density at radius 2 is 1.77 bits per heavy atom. The van der Waals surface area contributed by atoms with E-state index in [1.165, 1.54) is 0 Å². The highest BCUT2D eigenvalue weighted by Gasteiger charge is 2.21. The number of nitrogens with two attached hydrogens (primary N) is 1. The number of amides is 1. The molecule has 31 heavy (non-hydrogen) atoms. The van der Waals surface area contributed by atoms with Crippen molar-refractivity contribution in [2.75, 3.05) is 5.32 Å². The average molecular weight is 437 g/mol. The second kappa shape index (κ2) is 9.41. The predicted octanol–water partition coefficient (Wildman–Crippen LogP) is 5.61. The lowest BCUT2D eigenvalue weighted by atomic mass is 9.92. The number of ether oxygens (including phenoxy) is 1. The van der Waals surface area contributed by atoms with Crippen molar-refractivity contribution in [2.24, 2.45) is 5.73 Å². The fourth-order valence-electron chi connectivity index (χ4n) is 3.94. The van der Waals surface area contributed by atoms with Gasteiger partial charge in [0.05, 0.1) is 11.7 Å². The SMILES string of the molecule is NC(=O)c1ccc(-c2ccccc2Oc2cccc(Cl)c2)cc1NC1CCC(O)CC1. The molecular formula is C25H25ClN2O3. The van der Waals surface area contributed by atoms with Crippen LogP contribution in [0.15, 0.2) is 66.7 Å². The van der Waals surface area contributed by atoms with Crippen molar-refractivity contribution >= 4 is 23.2 Å². The minimum absolute atomic E-state index is 0.190. The number of anilines is 1. The number of aliphatic hydroxyl groups is 1. The van der Waals surface area contributed by atoms with Crippen LogP contribution in [0, 0.1) is 0 Å². The minimum atomic E-state index is -0.478. The summed E-state index contributed by atoms with van der Waals surface area (Å²) < 4.78 is 6.10. The summed E-state index contributed by atoms with van der Waals surface area (Å²) in [5.74, 6) is 0.851. The quantitative estimate of drug-likeness (QED) is 0.468. The molecular weight excluding hydrogens is 412 g/mol. The average Bonchev–Trinajstić information content (AvgIpc) is 2.75. The van der Waals surface area contributed by atoms with Crippen LogP contribution in [0.25, 0.3) is 11.1 Å². The first-order valence-electron chi connectivity index (χ1n) is 10.4. The number of halogens is 1. The van der Waals surface area contributed by atoms with Crippen LogP contribution >= 0.6 is 11.6 Å². The van der Waals surface area contributed by atoms with Crippen LogP contribution in [0.2, 0.25) is 5.02 Å². The van der Waals surface area contributed by atoms with E-state index < -0.39 is 5.91 Å². The Balaban J connectivity index is 1.66. The molecule has 6 heteroatoms. The molecule has 5 nitrogen and oxygen atoms in total. The molecule has 0 aromatic heterocycles. The monoisotopic (exact) mass is 436 g/mol. The van der Waals surface area contributed by atoms with Gasteiger partial charge in [-0.3, -0.25) is 4.79 Å². The van der Waals surface area contributed by atoms with Gasteiger partial charge in [0.15, 0.2) is 0 Å². The summed E-state index contributed by atoms with van der Waals surface area (Å²) in [4.78, 5) is 12.0. The van der Waals surface area contributed by atoms with Gasteiger partial charge < -0.3 is 20.9 Å². The first-order chi connectivity index (χ1) is 15.0. The molecule has 0 radical (unpaired) electrons. The van der Waals surface area contributed by atoms with Gasteiger partial charge in [0.1, 0.15) is 11.5 Å². The van der Waals surface area contributed by atoms with Crippen molar-refractivity contribution in [1.82, 2.24) is 0 Å². The number of hydrogen-bond acceptors (Lipinski definition) is 4. The lowest BCUT2D eigenvalue weighted by molar-refractivity contribution is 0.100. The van der Waals surface area contributed by atoms with Gasteiger partial charge in [-0.25, -0.2) is 0 Å². The standard InChI is InChI=1S/C25H25ClN2O3/c26-17-4-3-5-20(15-17)31-24-7-2-1-6-21(24)16-8-13-22(25(27)30)23(14-16)28-18-9-11-19(29)12-10-18/h1-8,13-15,18-19,28-29H,9-12H2,(H2,27,30). The maximum atomic E-state index is 12.0. The highest BCUT2D eigenvalue weighted by molar-refractivity contribution is 6.30. The number of aliphatic hydroxyl groups excluding tert-OH is 1. The largest absolute Gasteiger partial charge is 0.457 e. The highest BCUT2D eigenvalue weighted by Crippen LogP contribution is 2.36. The Hall–Kier alpha value is -3.02. The van der Waals surface area contributed by atoms with Crippen LogP contribution in [0.3, 0.4) is 0 Å². The van der Waals surface area contributed by atoms with E-state index in [0.717, 1.165) is 36.8 Å². The lowest BCUT2D eigenvalue weighted by Crippen LogP contribution is -2.29. The zero-order chi connectivity index (χ0) is 21.8. The molecule has 0 saturated heterocycles. The smallest absolute Gasteiger partial charge is 0.250 e. The summed E-state index contributed by atoms with van der Waals surface area (Å²) in [6.07, 6.45) is 2.95. The van der Waals surface area contributed by atoms with Crippen molar-refractivity contribution in [3.05, 3.63) is 77.3 Å². The van der Waals surface area contributed by atoms with E-state index in [2.05, 4.69) is 5.32 Å². The van der Waals surface area contributed by atoms with Crippen LogP contribution in [0.5, 0.6) is 11.5 Å². The maximum Gasteiger partial charge on any atom is 0.250 e. The molecule has 0 aliphatic heterocycles. The van der Waals surface area contributed by atoms with Gasteiger partial charge in [0.2, 0.25) is 0 Å². The molecule has 1 aliphatic rings. The first-order valence-corrected chi connectivity index (χ1v) is 10.8. The van der Waals surface area contributed by atoms with E-state index in [1.54, 1.807) is 18.2 Å². The molecule has 1 amide bonds. The number of nitrogens with one attached hydrogen (secondary N) is 1. The fraction of sp³-hybridized carbons (Fsp3) is 0.240. The summed E-state index contributed by atoms with van der Waals surface area (Å²) >= 11 is 6.09. The van der Waals surface area contributed by atoms with E-state index in [4.69, 9.17) is 22.1 Å². The Morgan fingerprint density at radius 3 is 2.52 bits per heavy atom. The van der Waals surface area contributed by atoms with Crippen molar-refractivity contribution in [2.45, 2.75) is 37.8 Å². The topological polar surface area (TPSA) is 84.6 Å². The third-order valence-corrected chi connectivity index (χ3v) is 5.80. The Bertz CT molecular complexity index is 1080. The van der Waals surface area contributed by atoms with Crippen molar-refractivity contribution in [3.63, 3.8) is 0 Å². The molecule has 0 spiro atoms. The third-order valence-electron chi connectivity index (χ3n) is 5.56. The van der Waals surface area contributed by atoms with Gasteiger partial charge in [0.25, 0.3) is 5.91 Å². The number of carbonyl (C=O) groups excluding carboxylic acids is 1. The molecule has 0 bridgehead atoms. The number of carbonyl (C=O) groups is 1. The van der Waals surface area contributed by atoms with Gasteiger partial charge >= 0.3 is 0 Å². The number of para-hydroxylation sites is 1. The minimum Gasteiger partial charge on any atom is -0.457 e. The second-order valence-corrected chi connectivity index (χ2v) is 8.27. The molecule has 4 rings (SSSR count). The van der Waals surface area contributed by atoms with Gasteiger partial charge in [-0.2, -0.15) is 0 Å². The Labute approximate surface area is 186 Å². The normalized spacial score (nSPS) is 18.4. The first kappa shape index (κ1) is 21.2. The third kappa shape index (κ3) is 5.19. The molecule has 1 fully saturated rings.